The number of aromatic nitrogens is 4. The van der Waals surface area contributed by atoms with Crippen molar-refractivity contribution in [1.29, 1.82) is 0 Å². The monoisotopic (exact) mass is 399 g/mol. The minimum atomic E-state index is -0.115. The molecule has 1 unspecified atom stereocenters. The SMILES string of the molecule is COc1ccccc1C(C)N(C)C(=O)Cc1c(C)nc2nc(SC)nn2c1C. The van der Waals surface area contributed by atoms with Gasteiger partial charge >= 0.3 is 0 Å². The van der Waals surface area contributed by atoms with Crippen LogP contribution in [0.2, 0.25) is 0 Å². The summed E-state index contributed by atoms with van der Waals surface area (Å²) in [7, 11) is 3.46. The van der Waals surface area contributed by atoms with Crippen molar-refractivity contribution in [3.8, 4) is 5.75 Å². The number of fused-ring (bicyclic) bond motifs is 1. The molecule has 148 valence electrons. The molecule has 3 aromatic rings. The largest absolute Gasteiger partial charge is 0.496 e. The maximum Gasteiger partial charge on any atom is 0.253 e. The van der Waals surface area contributed by atoms with Crippen LogP contribution in [0.3, 0.4) is 0 Å². The van der Waals surface area contributed by atoms with Crippen LogP contribution in [0.4, 0.5) is 0 Å². The van der Waals surface area contributed by atoms with E-state index in [2.05, 4.69) is 15.1 Å². The number of ether oxygens (including phenoxy) is 1. The van der Waals surface area contributed by atoms with E-state index in [1.54, 1.807) is 16.5 Å². The van der Waals surface area contributed by atoms with Crippen molar-refractivity contribution in [2.24, 2.45) is 0 Å². The molecule has 0 bridgehead atoms. The van der Waals surface area contributed by atoms with Crippen molar-refractivity contribution in [3.05, 3.63) is 46.8 Å². The van der Waals surface area contributed by atoms with Gasteiger partial charge in [-0.25, -0.2) is 9.50 Å². The summed E-state index contributed by atoms with van der Waals surface area (Å²) in [6.07, 6.45) is 2.18. The van der Waals surface area contributed by atoms with Crippen LogP contribution in [0.15, 0.2) is 29.4 Å². The van der Waals surface area contributed by atoms with Crippen LogP contribution in [-0.4, -0.2) is 50.8 Å². The third-order valence-corrected chi connectivity index (χ3v) is 5.64. The van der Waals surface area contributed by atoms with Gasteiger partial charge in [-0.1, -0.05) is 30.0 Å². The van der Waals surface area contributed by atoms with Crippen molar-refractivity contribution >= 4 is 23.4 Å². The molecular formula is C20H25N5O2S. The van der Waals surface area contributed by atoms with Gasteiger partial charge in [0.2, 0.25) is 11.1 Å². The number of nitrogens with zero attached hydrogens (tertiary/aromatic N) is 5. The highest BCUT2D eigenvalue weighted by Crippen LogP contribution is 2.28. The molecule has 0 N–H and O–H groups in total. The number of likely N-dealkylation sites (N-methyl/N-ethyl adjacent to an activating group) is 1. The second kappa shape index (κ2) is 8.18. The van der Waals surface area contributed by atoms with E-state index in [0.29, 0.717) is 10.9 Å². The highest BCUT2D eigenvalue weighted by molar-refractivity contribution is 7.98. The highest BCUT2D eigenvalue weighted by atomic mass is 32.2. The molecule has 1 atom stereocenters. The lowest BCUT2D eigenvalue weighted by molar-refractivity contribution is -0.131. The first kappa shape index (κ1) is 20.1. The number of carbonyl (C=O) groups is 1. The summed E-state index contributed by atoms with van der Waals surface area (Å²) in [5, 5.41) is 5.12. The third kappa shape index (κ3) is 3.69. The lowest BCUT2D eigenvalue weighted by Crippen LogP contribution is -2.31. The van der Waals surface area contributed by atoms with Crippen LogP contribution >= 0.6 is 11.8 Å². The Morgan fingerprint density at radius 2 is 2.00 bits per heavy atom. The Balaban J connectivity index is 1.87. The van der Waals surface area contributed by atoms with Crippen molar-refractivity contribution in [2.45, 2.75) is 38.4 Å². The average Bonchev–Trinajstić information content (AvgIpc) is 3.13. The fraction of sp³-hybridized carbons (Fsp3) is 0.400. The van der Waals surface area contributed by atoms with Gasteiger partial charge in [0.15, 0.2) is 0 Å². The molecule has 0 saturated heterocycles. The number of aryl methyl sites for hydroxylation is 2. The molecule has 2 aromatic heterocycles. The molecule has 0 aliphatic heterocycles. The number of thioether (sulfide) groups is 1. The van der Waals surface area contributed by atoms with E-state index in [1.807, 2.05) is 58.3 Å². The zero-order valence-electron chi connectivity index (χ0n) is 17.1. The molecular weight excluding hydrogens is 374 g/mol. The van der Waals surface area contributed by atoms with E-state index in [9.17, 15) is 4.79 Å². The number of carbonyl (C=O) groups excluding carboxylic acids is 1. The Kier molecular flexibility index (Phi) is 5.88. The third-order valence-electron chi connectivity index (χ3n) is 5.10. The minimum Gasteiger partial charge on any atom is -0.496 e. The Hall–Kier alpha value is -2.61. The van der Waals surface area contributed by atoms with Crippen LogP contribution in [0, 0.1) is 13.8 Å². The fourth-order valence-electron chi connectivity index (χ4n) is 3.24. The Labute approximate surface area is 169 Å². The van der Waals surface area contributed by atoms with Crippen molar-refractivity contribution < 1.29 is 9.53 Å². The van der Waals surface area contributed by atoms with Gasteiger partial charge in [0, 0.05) is 29.6 Å². The molecule has 0 saturated carbocycles. The number of para-hydroxylation sites is 1. The van der Waals surface area contributed by atoms with Gasteiger partial charge in [0.05, 0.1) is 19.6 Å². The van der Waals surface area contributed by atoms with Crippen molar-refractivity contribution in [3.63, 3.8) is 0 Å². The van der Waals surface area contributed by atoms with Crippen LogP contribution in [0.25, 0.3) is 5.78 Å². The van der Waals surface area contributed by atoms with E-state index in [1.165, 1.54) is 11.8 Å². The second-order valence-electron chi connectivity index (χ2n) is 6.67. The first-order chi connectivity index (χ1) is 13.4. The molecule has 8 heteroatoms. The van der Waals surface area contributed by atoms with Gasteiger partial charge in [0.25, 0.3) is 5.78 Å². The molecule has 7 nitrogen and oxygen atoms in total. The molecule has 0 fully saturated rings. The van der Waals surface area contributed by atoms with Gasteiger partial charge in [-0.2, -0.15) is 4.98 Å². The molecule has 1 aromatic carbocycles. The quantitative estimate of drug-likeness (QED) is 0.593. The standard InChI is InChI=1S/C20H25N5O2S/c1-12-16(14(3)25-19(21-12)22-20(23-25)28-6)11-18(26)24(4)13(2)15-9-7-8-10-17(15)27-5/h7-10,13H,11H2,1-6H3. The Morgan fingerprint density at radius 1 is 1.29 bits per heavy atom. The Morgan fingerprint density at radius 3 is 2.68 bits per heavy atom. The van der Waals surface area contributed by atoms with Crippen molar-refractivity contribution in [2.75, 3.05) is 20.4 Å². The van der Waals surface area contributed by atoms with Crippen LogP contribution in [0.1, 0.15) is 35.5 Å². The smallest absolute Gasteiger partial charge is 0.253 e. The lowest BCUT2D eigenvalue weighted by Gasteiger charge is -2.27. The average molecular weight is 400 g/mol. The zero-order valence-corrected chi connectivity index (χ0v) is 17.9. The fourth-order valence-corrected chi connectivity index (χ4v) is 3.58. The summed E-state index contributed by atoms with van der Waals surface area (Å²) in [6, 6.07) is 7.65. The molecule has 1 amide bonds. The molecule has 0 spiro atoms. The van der Waals surface area contributed by atoms with Crippen molar-refractivity contribution in [1.82, 2.24) is 24.5 Å². The molecule has 28 heavy (non-hydrogen) atoms. The molecule has 2 heterocycles. The predicted octanol–water partition coefficient (Wildman–Crippen LogP) is 3.23. The minimum absolute atomic E-state index is 0.0101. The molecule has 3 rings (SSSR count). The van der Waals surface area contributed by atoms with Gasteiger partial charge < -0.3 is 9.64 Å². The summed E-state index contributed by atoms with van der Waals surface area (Å²) >= 11 is 1.47. The molecule has 0 radical (unpaired) electrons. The summed E-state index contributed by atoms with van der Waals surface area (Å²) in [5.41, 5.74) is 3.55. The predicted molar refractivity (Wildman–Crippen MR) is 110 cm³/mol. The van der Waals surface area contributed by atoms with Gasteiger partial charge in [0.1, 0.15) is 5.75 Å². The van der Waals surface area contributed by atoms with E-state index >= 15 is 0 Å². The van der Waals surface area contributed by atoms with Gasteiger partial charge in [-0.05, 0) is 33.1 Å². The first-order valence-corrected chi connectivity index (χ1v) is 10.2. The van der Waals surface area contributed by atoms with Crippen LogP contribution < -0.4 is 4.74 Å². The normalized spacial score (nSPS) is 12.2. The highest BCUT2D eigenvalue weighted by Gasteiger charge is 2.23. The van der Waals surface area contributed by atoms with Gasteiger partial charge in [-0.3, -0.25) is 4.79 Å². The number of rotatable bonds is 6. The number of amides is 1. The number of methoxy groups -OCH3 is 1. The Bertz CT molecular complexity index is 1020. The number of hydrogen-bond donors (Lipinski definition) is 0. The summed E-state index contributed by atoms with van der Waals surface area (Å²) < 4.78 is 7.16. The maximum atomic E-state index is 13.0. The lowest BCUT2D eigenvalue weighted by atomic mass is 10.0. The first-order valence-electron chi connectivity index (χ1n) is 9.02. The summed E-state index contributed by atoms with van der Waals surface area (Å²) in [6.45, 7) is 5.86. The summed E-state index contributed by atoms with van der Waals surface area (Å²) in [5.74, 6) is 1.35. The molecule has 0 aliphatic carbocycles. The molecule has 0 aliphatic rings. The zero-order chi connectivity index (χ0) is 20.4. The maximum absolute atomic E-state index is 13.0. The van der Waals surface area contributed by atoms with E-state index < -0.39 is 0 Å². The van der Waals surface area contributed by atoms with Crippen LogP contribution in [-0.2, 0) is 11.2 Å². The van der Waals surface area contributed by atoms with E-state index in [0.717, 1.165) is 28.3 Å². The second-order valence-corrected chi connectivity index (χ2v) is 7.44. The van der Waals surface area contributed by atoms with Crippen LogP contribution in [0.5, 0.6) is 5.75 Å². The number of benzene rings is 1. The van der Waals surface area contributed by atoms with E-state index in [4.69, 9.17) is 4.74 Å². The van der Waals surface area contributed by atoms with E-state index in [-0.39, 0.29) is 18.4 Å². The van der Waals surface area contributed by atoms with Gasteiger partial charge in [-0.15, -0.1) is 5.10 Å². The topological polar surface area (TPSA) is 72.6 Å². The number of hydrogen-bond acceptors (Lipinski definition) is 6. The summed E-state index contributed by atoms with van der Waals surface area (Å²) in [4.78, 5) is 23.7.